The van der Waals surface area contributed by atoms with Gasteiger partial charge in [-0.3, -0.25) is 4.79 Å². The first-order valence-corrected chi connectivity index (χ1v) is 8.39. The average Bonchev–Trinajstić information content (AvgIpc) is 2.45. The molecule has 0 N–H and O–H groups in total. The molecule has 0 spiro atoms. The van der Waals surface area contributed by atoms with Gasteiger partial charge in [-0.05, 0) is 67.9 Å². The molecule has 0 aromatic carbocycles. The Morgan fingerprint density at radius 2 is 1.81 bits per heavy atom. The molecular formula is C17H21ClN2O. The molecule has 0 unspecified atom stereocenters. The summed E-state index contributed by atoms with van der Waals surface area (Å²) in [6.07, 6.45) is 8.33. The Labute approximate surface area is 130 Å². The van der Waals surface area contributed by atoms with Gasteiger partial charge in [0.15, 0.2) is 0 Å². The van der Waals surface area contributed by atoms with E-state index in [2.05, 4.69) is 4.98 Å². The zero-order valence-corrected chi connectivity index (χ0v) is 13.1. The van der Waals surface area contributed by atoms with E-state index in [1.54, 1.807) is 18.3 Å². The number of carbonyl (C=O) groups is 1. The number of amides is 1. The summed E-state index contributed by atoms with van der Waals surface area (Å²) in [7, 11) is 1.96. The summed E-state index contributed by atoms with van der Waals surface area (Å²) in [6, 6.07) is 3.97. The Kier molecular flexibility index (Phi) is 3.21. The first kappa shape index (κ1) is 13.6. The lowest BCUT2D eigenvalue weighted by Crippen LogP contribution is -2.56. The van der Waals surface area contributed by atoms with Gasteiger partial charge in [0.05, 0.1) is 5.56 Å². The highest BCUT2D eigenvalue weighted by atomic mass is 35.5. The summed E-state index contributed by atoms with van der Waals surface area (Å²) in [5.41, 5.74) is 0.537. The summed E-state index contributed by atoms with van der Waals surface area (Å²) in [5.74, 6) is 3.28. The van der Waals surface area contributed by atoms with Crippen LogP contribution in [0.2, 0.25) is 5.15 Å². The fourth-order valence-electron chi connectivity index (χ4n) is 5.40. The standard InChI is InChI=1S/C17H21ClN2O/c1-20(17(21)14-3-2-4-19-16(14)18)15-12-6-10-5-11(8-12)9-13(15)7-10/h2-4,10-13,15H,5-9H2,1H3. The van der Waals surface area contributed by atoms with Crippen molar-refractivity contribution in [3.05, 3.63) is 29.0 Å². The average molecular weight is 305 g/mol. The molecule has 0 aliphatic heterocycles. The highest BCUT2D eigenvalue weighted by molar-refractivity contribution is 6.32. The molecule has 1 amide bonds. The van der Waals surface area contributed by atoms with Crippen molar-refractivity contribution in [2.24, 2.45) is 23.7 Å². The smallest absolute Gasteiger partial charge is 0.256 e. The van der Waals surface area contributed by atoms with Crippen LogP contribution in [0.25, 0.3) is 0 Å². The topological polar surface area (TPSA) is 33.2 Å². The van der Waals surface area contributed by atoms with E-state index in [1.807, 2.05) is 11.9 Å². The molecule has 4 saturated carbocycles. The van der Waals surface area contributed by atoms with Gasteiger partial charge < -0.3 is 4.90 Å². The number of nitrogens with zero attached hydrogens (tertiary/aromatic N) is 2. The van der Waals surface area contributed by atoms with E-state index in [1.165, 1.54) is 32.1 Å². The van der Waals surface area contributed by atoms with Crippen molar-refractivity contribution in [3.8, 4) is 0 Å². The minimum absolute atomic E-state index is 0.0329. The normalized spacial score (nSPS) is 36.8. The van der Waals surface area contributed by atoms with Crippen LogP contribution >= 0.6 is 11.6 Å². The van der Waals surface area contributed by atoms with E-state index >= 15 is 0 Å². The summed E-state index contributed by atoms with van der Waals surface area (Å²) >= 11 is 6.09. The van der Waals surface area contributed by atoms with E-state index in [0.717, 1.165) is 11.8 Å². The van der Waals surface area contributed by atoms with E-state index < -0.39 is 0 Å². The maximum atomic E-state index is 12.8. The fourth-order valence-corrected chi connectivity index (χ4v) is 5.60. The Bertz CT molecular complexity index is 546. The minimum Gasteiger partial charge on any atom is -0.338 e. The second-order valence-electron chi connectivity index (χ2n) is 7.18. The molecule has 1 aromatic rings. The highest BCUT2D eigenvalue weighted by Gasteiger charge is 2.50. The van der Waals surface area contributed by atoms with Gasteiger partial charge in [0.1, 0.15) is 5.15 Å². The number of rotatable bonds is 2. The van der Waals surface area contributed by atoms with Crippen molar-refractivity contribution in [3.63, 3.8) is 0 Å². The van der Waals surface area contributed by atoms with Crippen LogP contribution in [0.1, 0.15) is 42.5 Å². The molecule has 21 heavy (non-hydrogen) atoms. The third kappa shape index (κ3) is 2.17. The van der Waals surface area contributed by atoms with Gasteiger partial charge in [-0.15, -0.1) is 0 Å². The zero-order valence-electron chi connectivity index (χ0n) is 12.3. The van der Waals surface area contributed by atoms with Gasteiger partial charge in [0.2, 0.25) is 0 Å². The zero-order chi connectivity index (χ0) is 14.6. The largest absolute Gasteiger partial charge is 0.338 e. The van der Waals surface area contributed by atoms with Crippen LogP contribution in [0.15, 0.2) is 18.3 Å². The van der Waals surface area contributed by atoms with Crippen LogP contribution < -0.4 is 0 Å². The summed E-state index contributed by atoms with van der Waals surface area (Å²) in [5, 5.41) is 0.318. The minimum atomic E-state index is 0.0329. The van der Waals surface area contributed by atoms with Gasteiger partial charge in [0, 0.05) is 19.3 Å². The van der Waals surface area contributed by atoms with Crippen molar-refractivity contribution in [2.45, 2.75) is 38.1 Å². The van der Waals surface area contributed by atoms with Crippen LogP contribution in [-0.2, 0) is 0 Å². The molecule has 112 valence electrons. The van der Waals surface area contributed by atoms with Gasteiger partial charge in [-0.1, -0.05) is 11.6 Å². The Hall–Kier alpha value is -1.09. The first-order chi connectivity index (χ1) is 10.1. The van der Waals surface area contributed by atoms with Crippen LogP contribution in [0.5, 0.6) is 0 Å². The third-order valence-corrected chi connectivity index (χ3v) is 6.24. The van der Waals surface area contributed by atoms with E-state index in [-0.39, 0.29) is 5.91 Å². The van der Waals surface area contributed by atoms with Crippen molar-refractivity contribution < 1.29 is 4.79 Å². The first-order valence-electron chi connectivity index (χ1n) is 8.01. The fraction of sp³-hybridized carbons (Fsp3) is 0.647. The predicted molar refractivity (Wildman–Crippen MR) is 82.2 cm³/mol. The number of halogens is 1. The maximum absolute atomic E-state index is 12.8. The van der Waals surface area contributed by atoms with Gasteiger partial charge >= 0.3 is 0 Å². The van der Waals surface area contributed by atoms with Gasteiger partial charge in [0.25, 0.3) is 5.91 Å². The Morgan fingerprint density at radius 1 is 1.19 bits per heavy atom. The number of pyridine rings is 1. The number of hydrogen-bond donors (Lipinski definition) is 0. The monoisotopic (exact) mass is 304 g/mol. The van der Waals surface area contributed by atoms with Crippen LogP contribution in [0, 0.1) is 23.7 Å². The van der Waals surface area contributed by atoms with Crippen LogP contribution in [0.3, 0.4) is 0 Å². The lowest BCUT2D eigenvalue weighted by atomic mass is 9.54. The number of hydrogen-bond acceptors (Lipinski definition) is 2. The molecule has 4 heteroatoms. The van der Waals surface area contributed by atoms with Crippen molar-refractivity contribution >= 4 is 17.5 Å². The molecule has 3 nitrogen and oxygen atoms in total. The second-order valence-corrected chi connectivity index (χ2v) is 7.54. The second kappa shape index (κ2) is 4.98. The van der Waals surface area contributed by atoms with Crippen molar-refractivity contribution in [2.75, 3.05) is 7.05 Å². The lowest BCUT2D eigenvalue weighted by molar-refractivity contribution is -0.0491. The Balaban J connectivity index is 1.59. The lowest BCUT2D eigenvalue weighted by Gasteiger charge is -2.56. The molecule has 0 saturated heterocycles. The quantitative estimate of drug-likeness (QED) is 0.782. The molecule has 4 aliphatic carbocycles. The maximum Gasteiger partial charge on any atom is 0.256 e. The van der Waals surface area contributed by atoms with Crippen LogP contribution in [-0.4, -0.2) is 28.9 Å². The van der Waals surface area contributed by atoms with Crippen molar-refractivity contribution in [1.82, 2.24) is 9.88 Å². The van der Waals surface area contributed by atoms with Crippen molar-refractivity contribution in [1.29, 1.82) is 0 Å². The Morgan fingerprint density at radius 3 is 2.38 bits per heavy atom. The molecule has 5 rings (SSSR count). The molecule has 0 atom stereocenters. The molecule has 4 aliphatic rings. The molecule has 4 bridgehead atoms. The summed E-state index contributed by atoms with van der Waals surface area (Å²) in [6.45, 7) is 0. The predicted octanol–water partition coefficient (Wildman–Crippen LogP) is 3.63. The molecule has 0 radical (unpaired) electrons. The molecule has 1 heterocycles. The molecular weight excluding hydrogens is 284 g/mol. The number of carbonyl (C=O) groups excluding carboxylic acids is 1. The van der Waals surface area contributed by atoms with Gasteiger partial charge in [-0.2, -0.15) is 0 Å². The highest BCUT2D eigenvalue weighted by Crippen LogP contribution is 2.55. The van der Waals surface area contributed by atoms with E-state index in [0.29, 0.717) is 28.6 Å². The molecule has 4 fully saturated rings. The molecule has 1 aromatic heterocycles. The SMILES string of the molecule is CN(C(=O)c1cccnc1Cl)C1C2CC3CC(C2)CC1C3. The van der Waals surface area contributed by atoms with Crippen LogP contribution in [0.4, 0.5) is 0 Å². The number of aromatic nitrogens is 1. The summed E-state index contributed by atoms with van der Waals surface area (Å²) in [4.78, 5) is 18.8. The summed E-state index contributed by atoms with van der Waals surface area (Å²) < 4.78 is 0. The third-order valence-electron chi connectivity index (χ3n) is 5.93. The van der Waals surface area contributed by atoms with E-state index in [4.69, 9.17) is 11.6 Å². The van der Waals surface area contributed by atoms with E-state index in [9.17, 15) is 4.79 Å². The van der Waals surface area contributed by atoms with Gasteiger partial charge in [-0.25, -0.2) is 4.98 Å².